The van der Waals surface area contributed by atoms with Gasteiger partial charge in [-0.05, 0) is 30.1 Å². The van der Waals surface area contributed by atoms with Gasteiger partial charge in [0.2, 0.25) is 0 Å². The standard InChI is InChI=1S/C15H15NO4/c17-13(18)12-8-11(9-16(12)14(19)20)15(6-7-15)10-4-2-1-3-5-10/h1-5,8,12H,6-7,9H2,(H,17,18)(H,19,20). The van der Waals surface area contributed by atoms with E-state index >= 15 is 0 Å². The van der Waals surface area contributed by atoms with E-state index in [-0.39, 0.29) is 12.0 Å². The molecule has 1 amide bonds. The van der Waals surface area contributed by atoms with E-state index in [2.05, 4.69) is 0 Å². The van der Waals surface area contributed by atoms with Gasteiger partial charge in [0, 0.05) is 12.0 Å². The molecule has 0 bridgehead atoms. The maximum Gasteiger partial charge on any atom is 0.408 e. The van der Waals surface area contributed by atoms with Crippen molar-refractivity contribution in [1.82, 2.24) is 4.90 Å². The fraction of sp³-hybridized carbons (Fsp3) is 0.333. The van der Waals surface area contributed by atoms with Crippen molar-refractivity contribution in [2.45, 2.75) is 24.3 Å². The Morgan fingerprint density at radius 2 is 1.80 bits per heavy atom. The zero-order valence-electron chi connectivity index (χ0n) is 10.8. The van der Waals surface area contributed by atoms with Crippen LogP contribution in [0.1, 0.15) is 18.4 Å². The Morgan fingerprint density at radius 1 is 1.15 bits per heavy atom. The van der Waals surface area contributed by atoms with Crippen LogP contribution in [0.5, 0.6) is 0 Å². The van der Waals surface area contributed by atoms with Crippen molar-refractivity contribution >= 4 is 12.1 Å². The zero-order valence-corrected chi connectivity index (χ0v) is 10.8. The molecule has 3 rings (SSSR count). The predicted molar refractivity (Wildman–Crippen MR) is 71.6 cm³/mol. The largest absolute Gasteiger partial charge is 0.479 e. The van der Waals surface area contributed by atoms with Crippen molar-refractivity contribution in [2.24, 2.45) is 0 Å². The van der Waals surface area contributed by atoms with E-state index in [1.807, 2.05) is 30.3 Å². The zero-order chi connectivity index (χ0) is 14.3. The molecule has 1 aromatic carbocycles. The highest BCUT2D eigenvalue weighted by molar-refractivity contribution is 5.83. The summed E-state index contributed by atoms with van der Waals surface area (Å²) in [6.45, 7) is 0.182. The number of carboxylic acids is 1. The van der Waals surface area contributed by atoms with Gasteiger partial charge in [-0.15, -0.1) is 0 Å². The van der Waals surface area contributed by atoms with Crippen LogP contribution in [0, 0.1) is 0 Å². The molecule has 0 aromatic heterocycles. The average Bonchev–Trinajstić information content (AvgIpc) is 3.11. The first kappa shape index (κ1) is 12.7. The summed E-state index contributed by atoms with van der Waals surface area (Å²) in [5.41, 5.74) is 1.90. The van der Waals surface area contributed by atoms with Crippen LogP contribution in [0.25, 0.3) is 0 Å². The van der Waals surface area contributed by atoms with Crippen LogP contribution in [0.4, 0.5) is 4.79 Å². The number of carboxylic acid groups (broad SMARTS) is 2. The molecule has 1 saturated carbocycles. The maximum absolute atomic E-state index is 11.2. The lowest BCUT2D eigenvalue weighted by Gasteiger charge is -2.20. The van der Waals surface area contributed by atoms with Crippen LogP contribution in [-0.4, -0.2) is 39.8 Å². The molecule has 1 aromatic rings. The van der Waals surface area contributed by atoms with Crippen LogP contribution in [0.3, 0.4) is 0 Å². The molecule has 5 nitrogen and oxygen atoms in total. The summed E-state index contributed by atoms with van der Waals surface area (Å²) >= 11 is 0. The number of hydrogen-bond acceptors (Lipinski definition) is 2. The Morgan fingerprint density at radius 3 is 2.25 bits per heavy atom. The van der Waals surface area contributed by atoms with E-state index < -0.39 is 18.1 Å². The summed E-state index contributed by atoms with van der Waals surface area (Å²) in [5, 5.41) is 18.3. The van der Waals surface area contributed by atoms with Gasteiger partial charge in [0.05, 0.1) is 0 Å². The van der Waals surface area contributed by atoms with Gasteiger partial charge in [-0.2, -0.15) is 0 Å². The summed E-state index contributed by atoms with van der Waals surface area (Å²) < 4.78 is 0. The van der Waals surface area contributed by atoms with Gasteiger partial charge in [0.15, 0.2) is 6.04 Å². The molecule has 1 aliphatic carbocycles. The van der Waals surface area contributed by atoms with E-state index in [1.54, 1.807) is 6.08 Å². The molecule has 1 aliphatic heterocycles. The first-order valence-electron chi connectivity index (χ1n) is 6.54. The summed E-state index contributed by atoms with van der Waals surface area (Å²) in [4.78, 5) is 23.4. The highest BCUT2D eigenvalue weighted by Crippen LogP contribution is 2.55. The minimum Gasteiger partial charge on any atom is -0.479 e. The van der Waals surface area contributed by atoms with Gasteiger partial charge in [-0.1, -0.05) is 30.3 Å². The van der Waals surface area contributed by atoms with E-state index in [0.29, 0.717) is 0 Å². The second-order valence-corrected chi connectivity index (χ2v) is 5.33. The number of rotatable bonds is 3. The van der Waals surface area contributed by atoms with Gasteiger partial charge in [-0.3, -0.25) is 4.90 Å². The molecule has 0 radical (unpaired) electrons. The highest BCUT2D eigenvalue weighted by Gasteiger charge is 2.51. The Bertz CT molecular complexity index is 589. The molecule has 0 saturated heterocycles. The van der Waals surface area contributed by atoms with Crippen molar-refractivity contribution in [3.05, 3.63) is 47.5 Å². The molecule has 1 unspecified atom stereocenters. The lowest BCUT2D eigenvalue weighted by atomic mass is 9.88. The fourth-order valence-electron chi connectivity index (χ4n) is 2.99. The molecule has 20 heavy (non-hydrogen) atoms. The van der Waals surface area contributed by atoms with Crippen LogP contribution in [-0.2, 0) is 10.2 Å². The minimum absolute atomic E-state index is 0.154. The Hall–Kier alpha value is -2.30. The summed E-state index contributed by atoms with van der Waals surface area (Å²) in [7, 11) is 0. The number of benzene rings is 1. The second kappa shape index (κ2) is 4.37. The minimum atomic E-state index is -1.19. The first-order valence-corrected chi connectivity index (χ1v) is 6.54. The summed E-state index contributed by atoms with van der Waals surface area (Å²) in [5.74, 6) is -1.12. The van der Waals surface area contributed by atoms with Crippen LogP contribution in [0.15, 0.2) is 42.0 Å². The number of aliphatic carboxylic acids is 1. The van der Waals surface area contributed by atoms with Crippen LogP contribution >= 0.6 is 0 Å². The molecule has 2 aliphatic rings. The normalized spacial score (nSPS) is 23.3. The van der Waals surface area contributed by atoms with Crippen molar-refractivity contribution in [1.29, 1.82) is 0 Å². The molecule has 1 atom stereocenters. The monoisotopic (exact) mass is 273 g/mol. The number of hydrogen-bond donors (Lipinski definition) is 2. The van der Waals surface area contributed by atoms with Crippen molar-refractivity contribution in [3.63, 3.8) is 0 Å². The molecular formula is C15H15NO4. The van der Waals surface area contributed by atoms with Gasteiger partial charge >= 0.3 is 12.1 Å². The third-order valence-corrected chi connectivity index (χ3v) is 4.23. The lowest BCUT2D eigenvalue weighted by Crippen LogP contribution is -2.40. The van der Waals surface area contributed by atoms with Crippen molar-refractivity contribution in [2.75, 3.05) is 6.54 Å². The molecule has 104 valence electrons. The Balaban J connectivity index is 1.94. The van der Waals surface area contributed by atoms with Crippen molar-refractivity contribution in [3.8, 4) is 0 Å². The topological polar surface area (TPSA) is 77.8 Å². The van der Waals surface area contributed by atoms with Gasteiger partial charge in [0.25, 0.3) is 0 Å². The van der Waals surface area contributed by atoms with Crippen LogP contribution in [0.2, 0.25) is 0 Å². The fourth-order valence-corrected chi connectivity index (χ4v) is 2.99. The quantitative estimate of drug-likeness (QED) is 0.827. The van der Waals surface area contributed by atoms with E-state index in [9.17, 15) is 9.59 Å². The van der Waals surface area contributed by atoms with Gasteiger partial charge in [-0.25, -0.2) is 9.59 Å². The second-order valence-electron chi connectivity index (χ2n) is 5.33. The number of nitrogens with zero attached hydrogens (tertiary/aromatic N) is 1. The third-order valence-electron chi connectivity index (χ3n) is 4.23. The Labute approximate surface area is 116 Å². The SMILES string of the molecule is O=C(O)C1C=C(C2(c3ccccc3)CC2)CN1C(=O)O. The third kappa shape index (κ3) is 1.86. The maximum atomic E-state index is 11.2. The molecule has 5 heteroatoms. The van der Waals surface area contributed by atoms with E-state index in [1.165, 1.54) is 0 Å². The molecule has 0 spiro atoms. The summed E-state index contributed by atoms with van der Waals surface area (Å²) in [6.07, 6.45) is 2.31. The predicted octanol–water partition coefficient (Wildman–Crippen LogP) is 2.09. The summed E-state index contributed by atoms with van der Waals surface area (Å²) in [6, 6.07) is 8.82. The number of amides is 1. The molecular weight excluding hydrogens is 258 g/mol. The van der Waals surface area contributed by atoms with E-state index in [0.717, 1.165) is 28.9 Å². The average molecular weight is 273 g/mol. The Kier molecular flexibility index (Phi) is 2.78. The first-order chi connectivity index (χ1) is 9.54. The van der Waals surface area contributed by atoms with E-state index in [4.69, 9.17) is 10.2 Å². The molecule has 1 heterocycles. The molecule has 1 fully saturated rings. The van der Waals surface area contributed by atoms with Crippen LogP contribution < -0.4 is 0 Å². The highest BCUT2D eigenvalue weighted by atomic mass is 16.4. The van der Waals surface area contributed by atoms with Crippen molar-refractivity contribution < 1.29 is 19.8 Å². The number of carbonyl (C=O) groups is 2. The lowest BCUT2D eigenvalue weighted by molar-refractivity contribution is -0.140. The van der Waals surface area contributed by atoms with Gasteiger partial charge in [0.1, 0.15) is 0 Å². The molecule has 2 N–H and O–H groups in total. The smallest absolute Gasteiger partial charge is 0.408 e. The van der Waals surface area contributed by atoms with Gasteiger partial charge < -0.3 is 10.2 Å².